The summed E-state index contributed by atoms with van der Waals surface area (Å²) < 4.78 is 26.6. The summed E-state index contributed by atoms with van der Waals surface area (Å²) in [5.74, 6) is -2.92. The van der Waals surface area contributed by atoms with Crippen molar-refractivity contribution in [2.45, 2.75) is 44.6 Å². The largest absolute Gasteiger partial charge is 0.388 e. The molecule has 0 bridgehead atoms. The van der Waals surface area contributed by atoms with Crippen molar-refractivity contribution in [2.75, 3.05) is 0 Å². The lowest BCUT2D eigenvalue weighted by Gasteiger charge is -2.32. The van der Waals surface area contributed by atoms with Crippen molar-refractivity contribution in [1.29, 1.82) is 0 Å². The lowest BCUT2D eigenvalue weighted by molar-refractivity contribution is -0.0761. The zero-order chi connectivity index (χ0) is 12.5. The Balaban J connectivity index is 2.09. The Labute approximate surface area is 100 Å². The minimum Gasteiger partial charge on any atom is -0.388 e. The maximum Gasteiger partial charge on any atom is 0.248 e. The summed E-state index contributed by atoms with van der Waals surface area (Å²) in [5.41, 5.74) is 1.85. The smallest absolute Gasteiger partial charge is 0.248 e. The van der Waals surface area contributed by atoms with Crippen LogP contribution in [0.25, 0.3) is 0 Å². The molecule has 1 saturated carbocycles. The second-order valence-electron chi connectivity index (χ2n) is 5.07. The van der Waals surface area contributed by atoms with Crippen LogP contribution in [0.4, 0.5) is 8.78 Å². The van der Waals surface area contributed by atoms with E-state index in [2.05, 4.69) is 0 Å². The Kier molecular flexibility index (Phi) is 3.48. The summed E-state index contributed by atoms with van der Waals surface area (Å²) in [7, 11) is 0. The molecule has 0 aliphatic heterocycles. The lowest BCUT2D eigenvalue weighted by atomic mass is 9.81. The molecular formula is C14H18F2O. The highest BCUT2D eigenvalue weighted by atomic mass is 19.3. The average Bonchev–Trinajstić information content (AvgIpc) is 2.28. The van der Waals surface area contributed by atoms with Gasteiger partial charge in [-0.2, -0.15) is 0 Å². The summed E-state index contributed by atoms with van der Waals surface area (Å²) >= 11 is 0. The Bertz CT molecular complexity index is 372. The van der Waals surface area contributed by atoms with Crippen LogP contribution >= 0.6 is 0 Å². The summed E-state index contributed by atoms with van der Waals surface area (Å²) in [6.07, 6.45) is 0.193. The monoisotopic (exact) mass is 240 g/mol. The van der Waals surface area contributed by atoms with Crippen molar-refractivity contribution in [3.05, 3.63) is 35.4 Å². The van der Waals surface area contributed by atoms with E-state index in [4.69, 9.17) is 0 Å². The van der Waals surface area contributed by atoms with Crippen LogP contribution in [0, 0.1) is 12.8 Å². The van der Waals surface area contributed by atoms with Crippen molar-refractivity contribution in [3.8, 4) is 0 Å². The van der Waals surface area contributed by atoms with E-state index in [1.807, 2.05) is 31.2 Å². The SMILES string of the molecule is Cc1ccc(C(O)C2CCCC(F)(F)C2)cc1. The third-order valence-corrected chi connectivity index (χ3v) is 3.54. The third-order valence-electron chi connectivity index (χ3n) is 3.54. The van der Waals surface area contributed by atoms with Gasteiger partial charge >= 0.3 is 0 Å². The molecule has 0 spiro atoms. The van der Waals surface area contributed by atoms with Gasteiger partial charge in [-0.05, 0) is 31.2 Å². The van der Waals surface area contributed by atoms with Gasteiger partial charge in [-0.3, -0.25) is 0 Å². The summed E-state index contributed by atoms with van der Waals surface area (Å²) in [6, 6.07) is 7.46. The first-order valence-electron chi connectivity index (χ1n) is 6.10. The number of alkyl halides is 2. The molecule has 1 fully saturated rings. The molecule has 1 aromatic carbocycles. The van der Waals surface area contributed by atoms with Crippen molar-refractivity contribution >= 4 is 0 Å². The van der Waals surface area contributed by atoms with Crippen LogP contribution in [0.3, 0.4) is 0 Å². The van der Waals surface area contributed by atoms with E-state index in [9.17, 15) is 13.9 Å². The molecule has 0 heterocycles. The lowest BCUT2D eigenvalue weighted by Crippen LogP contribution is -2.29. The topological polar surface area (TPSA) is 20.2 Å². The molecule has 1 aliphatic carbocycles. The molecule has 2 atom stereocenters. The van der Waals surface area contributed by atoms with Crippen LogP contribution < -0.4 is 0 Å². The van der Waals surface area contributed by atoms with Gasteiger partial charge in [0.2, 0.25) is 5.92 Å². The highest BCUT2D eigenvalue weighted by Gasteiger charge is 2.39. The van der Waals surface area contributed by atoms with E-state index in [0.29, 0.717) is 12.8 Å². The van der Waals surface area contributed by atoms with Crippen molar-refractivity contribution in [1.82, 2.24) is 0 Å². The second kappa shape index (κ2) is 4.73. The fourth-order valence-electron chi connectivity index (χ4n) is 2.52. The van der Waals surface area contributed by atoms with E-state index < -0.39 is 12.0 Å². The molecule has 1 aromatic rings. The minimum atomic E-state index is -2.60. The van der Waals surface area contributed by atoms with Crippen LogP contribution in [0.2, 0.25) is 0 Å². The van der Waals surface area contributed by atoms with Gasteiger partial charge in [0, 0.05) is 12.8 Å². The molecule has 1 nitrogen and oxygen atoms in total. The number of benzene rings is 1. The summed E-state index contributed by atoms with van der Waals surface area (Å²) in [5, 5.41) is 10.1. The van der Waals surface area contributed by atoms with E-state index in [0.717, 1.165) is 11.1 Å². The van der Waals surface area contributed by atoms with Gasteiger partial charge in [-0.1, -0.05) is 29.8 Å². The molecule has 3 heteroatoms. The van der Waals surface area contributed by atoms with E-state index in [-0.39, 0.29) is 18.8 Å². The number of halogens is 2. The summed E-state index contributed by atoms with van der Waals surface area (Å²) in [6.45, 7) is 1.96. The molecule has 0 aromatic heterocycles. The molecule has 94 valence electrons. The predicted molar refractivity (Wildman–Crippen MR) is 63.0 cm³/mol. The normalized spacial score (nSPS) is 25.5. The van der Waals surface area contributed by atoms with Crippen LogP contribution in [-0.4, -0.2) is 11.0 Å². The van der Waals surface area contributed by atoms with Gasteiger partial charge in [0.15, 0.2) is 0 Å². The van der Waals surface area contributed by atoms with Gasteiger partial charge in [-0.25, -0.2) is 8.78 Å². The van der Waals surface area contributed by atoms with E-state index >= 15 is 0 Å². The minimum absolute atomic E-state index is 0.0376. The average molecular weight is 240 g/mol. The van der Waals surface area contributed by atoms with Crippen LogP contribution in [-0.2, 0) is 0 Å². The van der Waals surface area contributed by atoms with Crippen LogP contribution in [0.15, 0.2) is 24.3 Å². The second-order valence-corrected chi connectivity index (χ2v) is 5.07. The first-order chi connectivity index (χ1) is 7.98. The molecule has 0 radical (unpaired) electrons. The molecule has 2 rings (SSSR count). The van der Waals surface area contributed by atoms with Gasteiger partial charge in [0.25, 0.3) is 0 Å². The highest BCUT2D eigenvalue weighted by molar-refractivity contribution is 5.23. The predicted octanol–water partition coefficient (Wildman–Crippen LogP) is 3.85. The zero-order valence-electron chi connectivity index (χ0n) is 10.00. The van der Waals surface area contributed by atoms with Gasteiger partial charge in [0.05, 0.1) is 6.10 Å². The molecule has 2 unspecified atom stereocenters. The molecule has 17 heavy (non-hydrogen) atoms. The third kappa shape index (κ3) is 3.03. The van der Waals surface area contributed by atoms with Crippen molar-refractivity contribution < 1.29 is 13.9 Å². The Hall–Kier alpha value is -0.960. The van der Waals surface area contributed by atoms with Crippen LogP contribution in [0.5, 0.6) is 0 Å². The number of hydrogen-bond acceptors (Lipinski definition) is 1. The summed E-state index contributed by atoms with van der Waals surface area (Å²) in [4.78, 5) is 0. The molecule has 1 N–H and O–H groups in total. The van der Waals surface area contributed by atoms with Crippen molar-refractivity contribution in [2.24, 2.45) is 5.92 Å². The quantitative estimate of drug-likeness (QED) is 0.832. The Morgan fingerprint density at radius 2 is 1.94 bits per heavy atom. The van der Waals surface area contributed by atoms with Gasteiger partial charge in [0.1, 0.15) is 0 Å². The van der Waals surface area contributed by atoms with Gasteiger partial charge < -0.3 is 5.11 Å². The number of aliphatic hydroxyl groups is 1. The fourth-order valence-corrected chi connectivity index (χ4v) is 2.52. The fraction of sp³-hybridized carbons (Fsp3) is 0.571. The number of aryl methyl sites for hydroxylation is 1. The zero-order valence-corrected chi connectivity index (χ0v) is 10.00. The Morgan fingerprint density at radius 1 is 1.29 bits per heavy atom. The van der Waals surface area contributed by atoms with Crippen LogP contribution in [0.1, 0.15) is 42.9 Å². The van der Waals surface area contributed by atoms with E-state index in [1.165, 1.54) is 0 Å². The van der Waals surface area contributed by atoms with Crippen molar-refractivity contribution in [3.63, 3.8) is 0 Å². The maximum absolute atomic E-state index is 13.3. The number of aliphatic hydroxyl groups excluding tert-OH is 1. The number of rotatable bonds is 2. The molecule has 0 saturated heterocycles. The molecular weight excluding hydrogens is 222 g/mol. The molecule has 1 aliphatic rings. The standard InChI is InChI=1S/C14H18F2O/c1-10-4-6-11(7-5-10)13(17)12-3-2-8-14(15,16)9-12/h4-7,12-13,17H,2-3,8-9H2,1H3. The van der Waals surface area contributed by atoms with E-state index in [1.54, 1.807) is 0 Å². The van der Waals surface area contributed by atoms with Gasteiger partial charge in [-0.15, -0.1) is 0 Å². The highest BCUT2D eigenvalue weighted by Crippen LogP contribution is 2.42. The Morgan fingerprint density at radius 3 is 2.53 bits per heavy atom. The first kappa shape index (κ1) is 12.5. The first-order valence-corrected chi connectivity index (χ1v) is 6.10. The molecule has 0 amide bonds. The number of hydrogen-bond donors (Lipinski definition) is 1. The maximum atomic E-state index is 13.3.